The molecule has 1 aliphatic rings. The number of hydrogen-bond donors (Lipinski definition) is 1. The second-order valence-corrected chi connectivity index (χ2v) is 9.59. The summed E-state index contributed by atoms with van der Waals surface area (Å²) in [5, 5.41) is 8.84. The minimum Gasteiger partial charge on any atom is -0.375 e. The number of anilines is 1. The summed E-state index contributed by atoms with van der Waals surface area (Å²) in [6.45, 7) is 4.38. The number of nitrogens with one attached hydrogen (secondary N) is 1. The van der Waals surface area contributed by atoms with E-state index in [0.717, 1.165) is 22.6 Å². The number of aromatic nitrogens is 1. The van der Waals surface area contributed by atoms with Crippen LogP contribution in [0.1, 0.15) is 24.2 Å². The van der Waals surface area contributed by atoms with Crippen LogP contribution in [0.25, 0.3) is 32.8 Å². The van der Waals surface area contributed by atoms with Crippen LogP contribution in [0.3, 0.4) is 0 Å². The zero-order chi connectivity index (χ0) is 24.5. The second kappa shape index (κ2) is 9.36. The van der Waals surface area contributed by atoms with Gasteiger partial charge < -0.3 is 5.32 Å². The Morgan fingerprint density at radius 3 is 2.33 bits per heavy atom. The van der Waals surface area contributed by atoms with Gasteiger partial charge in [0.15, 0.2) is 0 Å². The first-order valence-electron chi connectivity index (χ1n) is 12.6. The zero-order valence-corrected chi connectivity index (χ0v) is 20.6. The molecule has 4 aromatic carbocycles. The highest BCUT2D eigenvalue weighted by Crippen LogP contribution is 2.38. The number of aryl methyl sites for hydroxylation is 1. The molecule has 6 rings (SSSR count). The van der Waals surface area contributed by atoms with E-state index >= 15 is 0 Å². The molecule has 1 aromatic heterocycles. The Labute approximate surface area is 212 Å². The Kier molecular flexibility index (Phi) is 5.76. The third-order valence-electron chi connectivity index (χ3n) is 7.27. The maximum Gasteiger partial charge on any atom is 0.0760 e. The third-order valence-corrected chi connectivity index (χ3v) is 7.27. The van der Waals surface area contributed by atoms with Crippen molar-refractivity contribution in [3.63, 3.8) is 0 Å². The lowest BCUT2D eigenvalue weighted by Crippen LogP contribution is -2.26. The van der Waals surface area contributed by atoms with Gasteiger partial charge in [-0.1, -0.05) is 110 Å². The monoisotopic (exact) mass is 464 g/mol. The Morgan fingerprint density at radius 1 is 0.778 bits per heavy atom. The molecule has 5 aromatic rings. The minimum absolute atomic E-state index is 0.0229. The molecule has 2 nitrogen and oxygen atoms in total. The summed E-state index contributed by atoms with van der Waals surface area (Å²) in [7, 11) is 0. The van der Waals surface area contributed by atoms with Crippen LogP contribution in [-0.2, 0) is 0 Å². The Bertz CT molecular complexity index is 1660. The largest absolute Gasteiger partial charge is 0.375 e. The van der Waals surface area contributed by atoms with Crippen LogP contribution in [0.4, 0.5) is 5.69 Å². The van der Waals surface area contributed by atoms with Gasteiger partial charge >= 0.3 is 0 Å². The Balaban J connectivity index is 1.49. The van der Waals surface area contributed by atoms with E-state index in [1.54, 1.807) is 0 Å². The van der Waals surface area contributed by atoms with Crippen LogP contribution in [0, 0.1) is 30.6 Å². The lowest BCUT2D eigenvalue weighted by molar-refractivity contribution is 0.451. The predicted molar refractivity (Wildman–Crippen MR) is 152 cm³/mol. The van der Waals surface area contributed by atoms with Crippen LogP contribution in [0.5, 0.6) is 0 Å². The average Bonchev–Trinajstić information content (AvgIpc) is 2.93. The van der Waals surface area contributed by atoms with Gasteiger partial charge in [0.1, 0.15) is 0 Å². The molecule has 1 heterocycles. The molecule has 0 bridgehead atoms. The maximum atomic E-state index is 5.26. The van der Waals surface area contributed by atoms with Crippen molar-refractivity contribution >= 4 is 27.2 Å². The van der Waals surface area contributed by atoms with E-state index in [-0.39, 0.29) is 17.9 Å². The molecule has 2 heteroatoms. The van der Waals surface area contributed by atoms with Gasteiger partial charge in [0.25, 0.3) is 0 Å². The van der Waals surface area contributed by atoms with Gasteiger partial charge in [-0.2, -0.15) is 0 Å². The molecule has 0 spiro atoms. The van der Waals surface area contributed by atoms with Crippen LogP contribution < -0.4 is 5.32 Å². The van der Waals surface area contributed by atoms with Gasteiger partial charge in [0, 0.05) is 28.5 Å². The molecule has 0 fully saturated rings. The van der Waals surface area contributed by atoms with Crippen molar-refractivity contribution < 1.29 is 0 Å². The van der Waals surface area contributed by atoms with Crippen molar-refractivity contribution in [2.24, 2.45) is 11.8 Å². The normalized spacial score (nSPS) is 17.5. The molecule has 0 aliphatic heterocycles. The summed E-state index contributed by atoms with van der Waals surface area (Å²) in [5.41, 5.74) is 5.56. The molecule has 0 radical (unpaired) electrons. The van der Waals surface area contributed by atoms with Gasteiger partial charge in [0.2, 0.25) is 0 Å². The topological polar surface area (TPSA) is 24.9 Å². The van der Waals surface area contributed by atoms with Crippen molar-refractivity contribution in [3.8, 4) is 23.1 Å². The first kappa shape index (κ1) is 22.1. The molecule has 3 unspecified atom stereocenters. The predicted octanol–water partition coefficient (Wildman–Crippen LogP) is 8.34. The van der Waals surface area contributed by atoms with Crippen LogP contribution in [0.2, 0.25) is 0 Å². The van der Waals surface area contributed by atoms with Crippen LogP contribution in [0.15, 0.2) is 109 Å². The van der Waals surface area contributed by atoms with Gasteiger partial charge in [-0.15, -0.1) is 0 Å². The number of nitrogens with zero attached hydrogens (tertiary/aromatic N) is 1. The van der Waals surface area contributed by atoms with Gasteiger partial charge in [-0.05, 0) is 46.9 Å². The molecule has 36 heavy (non-hydrogen) atoms. The van der Waals surface area contributed by atoms with E-state index in [4.69, 9.17) is 4.98 Å². The van der Waals surface area contributed by atoms with Gasteiger partial charge in [0.05, 0.1) is 17.4 Å². The molecular weight excluding hydrogens is 436 g/mol. The quantitative estimate of drug-likeness (QED) is 0.264. The van der Waals surface area contributed by atoms with Gasteiger partial charge in [-0.3, -0.25) is 4.98 Å². The second-order valence-electron chi connectivity index (χ2n) is 9.59. The lowest BCUT2D eigenvalue weighted by atomic mass is 9.83. The number of hydrogen-bond acceptors (Lipinski definition) is 2. The minimum atomic E-state index is -0.0229. The smallest absolute Gasteiger partial charge is 0.0760 e. The highest BCUT2D eigenvalue weighted by Gasteiger charge is 2.29. The fourth-order valence-corrected chi connectivity index (χ4v) is 5.32. The number of benzene rings is 4. The average molecular weight is 465 g/mol. The molecule has 174 valence electrons. The first-order valence-corrected chi connectivity index (χ1v) is 12.6. The molecule has 0 saturated carbocycles. The molecule has 1 N–H and O–H groups in total. The molecular formula is C34H28N2. The fraction of sp³-hybridized carbons (Fsp3) is 0.147. The zero-order valence-electron chi connectivity index (χ0n) is 20.6. The van der Waals surface area contributed by atoms with Crippen molar-refractivity contribution in [2.75, 3.05) is 5.32 Å². The first-order chi connectivity index (χ1) is 17.7. The number of fused-ring (bicyclic) bond motifs is 2. The number of rotatable bonds is 5. The van der Waals surface area contributed by atoms with Crippen molar-refractivity contribution in [3.05, 3.63) is 120 Å². The summed E-state index contributed by atoms with van der Waals surface area (Å²) in [6, 6.07) is 34.3. The van der Waals surface area contributed by atoms with E-state index < -0.39 is 0 Å². The van der Waals surface area contributed by atoms with Gasteiger partial charge in [-0.25, -0.2) is 0 Å². The SMILES string of the molecule is Cc1ccc2ccccc2c1NC(c1cccc(-c2cccc3ccccc23)n1)C1C=CC#CC1C. The van der Waals surface area contributed by atoms with Crippen LogP contribution in [-0.4, -0.2) is 4.98 Å². The highest BCUT2D eigenvalue weighted by atomic mass is 15.0. The Hall–Kier alpha value is -4.35. The fourth-order valence-electron chi connectivity index (χ4n) is 5.32. The van der Waals surface area contributed by atoms with Crippen LogP contribution >= 0.6 is 0 Å². The summed E-state index contributed by atoms with van der Waals surface area (Å²) in [5.74, 6) is 6.95. The van der Waals surface area contributed by atoms with Crippen molar-refractivity contribution in [1.82, 2.24) is 4.98 Å². The summed E-state index contributed by atoms with van der Waals surface area (Å²) < 4.78 is 0. The highest BCUT2D eigenvalue weighted by molar-refractivity contribution is 5.96. The van der Waals surface area contributed by atoms with E-state index in [1.807, 2.05) is 6.08 Å². The summed E-state index contributed by atoms with van der Waals surface area (Å²) in [4.78, 5) is 5.26. The maximum absolute atomic E-state index is 5.26. The molecule has 1 aliphatic carbocycles. The molecule has 3 atom stereocenters. The molecule has 0 amide bonds. The van der Waals surface area contributed by atoms with E-state index in [9.17, 15) is 0 Å². The summed E-state index contributed by atoms with van der Waals surface area (Å²) >= 11 is 0. The number of pyridine rings is 1. The molecule has 0 saturated heterocycles. The summed E-state index contributed by atoms with van der Waals surface area (Å²) in [6.07, 6.45) is 4.23. The van der Waals surface area contributed by atoms with E-state index in [0.29, 0.717) is 0 Å². The van der Waals surface area contributed by atoms with E-state index in [2.05, 4.69) is 134 Å². The van der Waals surface area contributed by atoms with Crippen molar-refractivity contribution in [1.29, 1.82) is 0 Å². The standard InChI is InChI=1S/C34H28N2/c1-23-11-3-6-15-27(23)34(36-33-24(2)21-22-26-13-5-8-17-29(26)33)32-20-10-19-31(35-32)30-18-9-14-25-12-4-7-16-28(25)30/h4-10,12-23,27,34,36H,1-2H3. The lowest BCUT2D eigenvalue weighted by Gasteiger charge is -2.31. The Morgan fingerprint density at radius 2 is 1.50 bits per heavy atom. The van der Waals surface area contributed by atoms with E-state index in [1.165, 1.54) is 27.1 Å². The van der Waals surface area contributed by atoms with Crippen molar-refractivity contribution in [2.45, 2.75) is 19.9 Å². The third kappa shape index (κ3) is 4.04. The number of allylic oxidation sites excluding steroid dienone is 1.